The second-order valence-corrected chi connectivity index (χ2v) is 7.36. The molecule has 3 aromatic rings. The molecular weight excluding hydrogens is 345 g/mol. The molecule has 3 rings (SSSR count). The van der Waals surface area contributed by atoms with Crippen molar-refractivity contribution in [1.29, 1.82) is 0 Å². The normalized spacial score (nSPS) is 11.6. The summed E-state index contributed by atoms with van der Waals surface area (Å²) < 4.78 is 42.1. The second kappa shape index (κ2) is 6.29. The first-order valence-corrected chi connectivity index (χ1v) is 9.00. The van der Waals surface area contributed by atoms with Crippen molar-refractivity contribution in [2.75, 3.05) is 0 Å². The lowest BCUT2D eigenvalue weighted by atomic mass is 10.2. The van der Waals surface area contributed by atoms with Crippen molar-refractivity contribution >= 4 is 21.6 Å². The van der Waals surface area contributed by atoms with E-state index in [1.54, 1.807) is 36.6 Å². The van der Waals surface area contributed by atoms with Gasteiger partial charge in [-0.05, 0) is 43.7 Å². The minimum Gasteiger partial charge on any atom is -0.303 e. The summed E-state index contributed by atoms with van der Waals surface area (Å²) in [4.78, 5) is 16.0. The van der Waals surface area contributed by atoms with Crippen LogP contribution in [0.1, 0.15) is 17.0 Å². The van der Waals surface area contributed by atoms with Crippen molar-refractivity contribution in [3.8, 4) is 0 Å². The molecular formula is C17H16FN3O3S. The Balaban J connectivity index is 1.87. The molecule has 25 heavy (non-hydrogen) atoms. The van der Waals surface area contributed by atoms with Crippen LogP contribution in [0.15, 0.2) is 47.5 Å². The van der Waals surface area contributed by atoms with Crippen LogP contribution in [-0.4, -0.2) is 23.7 Å². The highest BCUT2D eigenvalue weighted by Crippen LogP contribution is 2.17. The molecule has 0 radical (unpaired) electrons. The molecule has 0 bridgehead atoms. The summed E-state index contributed by atoms with van der Waals surface area (Å²) in [6.07, 6.45) is 1.55. The van der Waals surface area contributed by atoms with Crippen LogP contribution in [-0.2, 0) is 21.2 Å². The zero-order valence-electron chi connectivity index (χ0n) is 13.7. The Kier molecular flexibility index (Phi) is 4.30. The van der Waals surface area contributed by atoms with Gasteiger partial charge in [0.05, 0.1) is 17.8 Å². The number of benzene rings is 1. The van der Waals surface area contributed by atoms with Crippen LogP contribution in [0.3, 0.4) is 0 Å². The molecule has 2 heterocycles. The molecule has 0 unspecified atom stereocenters. The van der Waals surface area contributed by atoms with E-state index in [2.05, 4.69) is 4.98 Å². The third-order valence-electron chi connectivity index (χ3n) is 3.78. The zero-order valence-corrected chi connectivity index (χ0v) is 14.5. The fourth-order valence-electron chi connectivity index (χ4n) is 2.59. The van der Waals surface area contributed by atoms with Gasteiger partial charge in [0.25, 0.3) is 10.0 Å². The SMILES string of the molecule is Cc1ccc(F)c(S(=O)(=O)NC(=O)Cc2c(C)nc3ccccn23)c1. The fraction of sp³-hybridized carbons (Fsp3) is 0.176. The number of halogens is 1. The van der Waals surface area contributed by atoms with Crippen molar-refractivity contribution in [2.45, 2.75) is 25.2 Å². The molecule has 0 spiro atoms. The molecule has 1 amide bonds. The van der Waals surface area contributed by atoms with Gasteiger partial charge in [-0.1, -0.05) is 12.1 Å². The van der Waals surface area contributed by atoms with E-state index in [0.29, 0.717) is 22.6 Å². The lowest BCUT2D eigenvalue weighted by Crippen LogP contribution is -2.32. The van der Waals surface area contributed by atoms with Crippen molar-refractivity contribution in [2.24, 2.45) is 0 Å². The smallest absolute Gasteiger partial charge is 0.266 e. The molecule has 1 N–H and O–H groups in total. The van der Waals surface area contributed by atoms with Gasteiger partial charge in [-0.2, -0.15) is 0 Å². The van der Waals surface area contributed by atoms with Gasteiger partial charge in [0, 0.05) is 6.20 Å². The number of pyridine rings is 1. The number of amides is 1. The Morgan fingerprint density at radius 3 is 2.76 bits per heavy atom. The number of sulfonamides is 1. The molecule has 0 fully saturated rings. The molecule has 0 atom stereocenters. The molecule has 0 saturated carbocycles. The maximum atomic E-state index is 13.8. The number of hydrogen-bond acceptors (Lipinski definition) is 4. The third kappa shape index (κ3) is 3.39. The summed E-state index contributed by atoms with van der Waals surface area (Å²) in [5.74, 6) is -1.66. The summed E-state index contributed by atoms with van der Waals surface area (Å²) in [6, 6.07) is 9.09. The van der Waals surface area contributed by atoms with Gasteiger partial charge in [-0.3, -0.25) is 4.79 Å². The molecule has 0 aliphatic heterocycles. The first kappa shape index (κ1) is 17.1. The van der Waals surface area contributed by atoms with Gasteiger partial charge in [0.1, 0.15) is 16.4 Å². The molecule has 130 valence electrons. The molecule has 1 aromatic carbocycles. The third-order valence-corrected chi connectivity index (χ3v) is 5.17. The molecule has 0 saturated heterocycles. The van der Waals surface area contributed by atoms with Gasteiger partial charge in [-0.15, -0.1) is 0 Å². The summed E-state index contributed by atoms with van der Waals surface area (Å²) in [5, 5.41) is 0. The first-order valence-electron chi connectivity index (χ1n) is 7.52. The molecule has 0 aliphatic carbocycles. The van der Waals surface area contributed by atoms with Crippen molar-refractivity contribution in [3.05, 3.63) is 65.4 Å². The monoisotopic (exact) mass is 361 g/mol. The van der Waals surface area contributed by atoms with Crippen LogP contribution >= 0.6 is 0 Å². The van der Waals surface area contributed by atoms with E-state index in [1.165, 1.54) is 12.1 Å². The maximum Gasteiger partial charge on any atom is 0.266 e. The average molecular weight is 361 g/mol. The Bertz CT molecular complexity index is 1070. The number of aryl methyl sites for hydroxylation is 2. The summed E-state index contributed by atoms with van der Waals surface area (Å²) in [7, 11) is -4.29. The molecule has 0 aliphatic rings. The van der Waals surface area contributed by atoms with Crippen LogP contribution in [0, 0.1) is 19.7 Å². The Hall–Kier alpha value is -2.74. The van der Waals surface area contributed by atoms with E-state index < -0.39 is 26.6 Å². The fourth-order valence-corrected chi connectivity index (χ4v) is 3.73. The highest BCUT2D eigenvalue weighted by atomic mass is 32.2. The van der Waals surface area contributed by atoms with Gasteiger partial charge in [-0.25, -0.2) is 22.5 Å². The number of imidazole rings is 1. The Morgan fingerprint density at radius 1 is 1.24 bits per heavy atom. The number of rotatable bonds is 4. The lowest BCUT2D eigenvalue weighted by Gasteiger charge is -2.09. The lowest BCUT2D eigenvalue weighted by molar-refractivity contribution is -0.118. The van der Waals surface area contributed by atoms with Gasteiger partial charge in [0.2, 0.25) is 5.91 Å². The number of carbonyl (C=O) groups is 1. The first-order chi connectivity index (χ1) is 11.8. The zero-order chi connectivity index (χ0) is 18.2. The highest BCUT2D eigenvalue weighted by molar-refractivity contribution is 7.90. The Labute approximate surface area is 144 Å². The molecule has 2 aromatic heterocycles. The van der Waals surface area contributed by atoms with E-state index in [9.17, 15) is 17.6 Å². The predicted octanol–water partition coefficient (Wildman–Crippen LogP) is 2.14. The van der Waals surface area contributed by atoms with E-state index >= 15 is 0 Å². The van der Waals surface area contributed by atoms with E-state index in [4.69, 9.17) is 0 Å². The standard InChI is InChI=1S/C17H16FN3O3S/c1-11-6-7-13(18)15(9-11)25(23,24)20-17(22)10-14-12(2)19-16-5-3-4-8-21(14)16/h3-9H,10H2,1-2H3,(H,20,22). The summed E-state index contributed by atoms with van der Waals surface area (Å²) in [5.41, 5.74) is 2.44. The van der Waals surface area contributed by atoms with E-state index in [-0.39, 0.29) is 6.42 Å². The number of nitrogens with zero attached hydrogens (tertiary/aromatic N) is 2. The minimum absolute atomic E-state index is 0.191. The van der Waals surface area contributed by atoms with Gasteiger partial charge in [0.15, 0.2) is 0 Å². The largest absolute Gasteiger partial charge is 0.303 e. The number of nitrogens with one attached hydrogen (secondary N) is 1. The molecule has 6 nitrogen and oxygen atoms in total. The average Bonchev–Trinajstić information content (AvgIpc) is 2.85. The van der Waals surface area contributed by atoms with Crippen molar-refractivity contribution in [1.82, 2.24) is 14.1 Å². The molecule has 8 heteroatoms. The highest BCUT2D eigenvalue weighted by Gasteiger charge is 2.23. The summed E-state index contributed by atoms with van der Waals surface area (Å²) in [6.45, 7) is 3.38. The van der Waals surface area contributed by atoms with Gasteiger partial charge < -0.3 is 4.40 Å². The number of hydrogen-bond donors (Lipinski definition) is 1. The minimum atomic E-state index is -4.29. The quantitative estimate of drug-likeness (QED) is 0.772. The predicted molar refractivity (Wildman–Crippen MR) is 90.1 cm³/mol. The van der Waals surface area contributed by atoms with Crippen LogP contribution < -0.4 is 4.72 Å². The van der Waals surface area contributed by atoms with Crippen LogP contribution in [0.4, 0.5) is 4.39 Å². The van der Waals surface area contributed by atoms with Gasteiger partial charge >= 0.3 is 0 Å². The van der Waals surface area contributed by atoms with E-state index in [0.717, 1.165) is 6.07 Å². The second-order valence-electron chi connectivity index (χ2n) is 5.71. The van der Waals surface area contributed by atoms with Crippen molar-refractivity contribution in [3.63, 3.8) is 0 Å². The van der Waals surface area contributed by atoms with Crippen LogP contribution in [0.25, 0.3) is 5.65 Å². The summed E-state index contributed by atoms with van der Waals surface area (Å²) >= 11 is 0. The van der Waals surface area contributed by atoms with Crippen molar-refractivity contribution < 1.29 is 17.6 Å². The number of fused-ring (bicyclic) bond motifs is 1. The number of aromatic nitrogens is 2. The van der Waals surface area contributed by atoms with Crippen LogP contribution in [0.5, 0.6) is 0 Å². The van der Waals surface area contributed by atoms with E-state index in [1.807, 2.05) is 10.8 Å². The topological polar surface area (TPSA) is 80.5 Å². The maximum absolute atomic E-state index is 13.8. The van der Waals surface area contributed by atoms with Crippen LogP contribution in [0.2, 0.25) is 0 Å². The Morgan fingerprint density at radius 2 is 2.00 bits per heavy atom. The number of carbonyl (C=O) groups excluding carboxylic acids is 1.